The molecule has 0 aliphatic carbocycles. The van der Waals surface area contributed by atoms with Gasteiger partial charge in [-0.2, -0.15) is 0 Å². The number of carbonyl (C=O) groups is 1. The lowest BCUT2D eigenvalue weighted by molar-refractivity contribution is -0.218. The molecule has 25 heavy (non-hydrogen) atoms. The lowest BCUT2D eigenvalue weighted by Gasteiger charge is -2.30. The highest BCUT2D eigenvalue weighted by molar-refractivity contribution is 6.19. The van der Waals surface area contributed by atoms with E-state index in [0.29, 0.717) is 5.71 Å². The summed E-state index contributed by atoms with van der Waals surface area (Å²) in [5.74, 6) is -1.35. The first kappa shape index (κ1) is 18.3. The van der Waals surface area contributed by atoms with Gasteiger partial charge in [0.1, 0.15) is 29.6 Å². The van der Waals surface area contributed by atoms with Gasteiger partial charge in [-0.15, -0.1) is 0 Å². The molecule has 3 rings (SSSR count). The van der Waals surface area contributed by atoms with Gasteiger partial charge in [0.2, 0.25) is 0 Å². The van der Waals surface area contributed by atoms with Gasteiger partial charge in [0, 0.05) is 13.5 Å². The molecule has 2 fully saturated rings. The van der Waals surface area contributed by atoms with Crippen LogP contribution in [0.2, 0.25) is 0 Å². The van der Waals surface area contributed by atoms with E-state index in [1.807, 2.05) is 13.8 Å². The fraction of sp³-hybridized carbons (Fsp3) is 0.765. The van der Waals surface area contributed by atoms with Crippen molar-refractivity contribution in [2.45, 2.75) is 70.5 Å². The Kier molecular flexibility index (Phi) is 4.89. The Hall–Kier alpha value is -1.48. The number of aliphatic hydroxyl groups is 1. The number of fused-ring (bicyclic) bond motifs is 1. The van der Waals surface area contributed by atoms with Crippen molar-refractivity contribution >= 4 is 11.7 Å². The molecule has 3 aliphatic rings. The largest absolute Gasteiger partial charge is 0.511 e. The zero-order valence-corrected chi connectivity index (χ0v) is 15.1. The molecule has 0 aromatic heterocycles. The number of aliphatic imine (C=N–C) groups is 1. The molecule has 0 radical (unpaired) electrons. The molecule has 2 unspecified atom stereocenters. The molecule has 2 saturated heterocycles. The van der Waals surface area contributed by atoms with E-state index < -0.39 is 30.2 Å². The highest BCUT2D eigenvalue weighted by Gasteiger charge is 2.57. The molecule has 8 heteroatoms. The average Bonchev–Trinajstić information content (AvgIpc) is 2.97. The van der Waals surface area contributed by atoms with E-state index in [0.717, 1.165) is 0 Å². The topological polar surface area (TPSA) is 95.8 Å². The van der Waals surface area contributed by atoms with Crippen LogP contribution in [0.4, 0.5) is 0 Å². The number of aliphatic hydroxyl groups excluding tert-OH is 1. The second kappa shape index (κ2) is 6.68. The van der Waals surface area contributed by atoms with Gasteiger partial charge in [-0.05, 0) is 27.7 Å². The first-order valence-corrected chi connectivity index (χ1v) is 8.45. The SMILES string of the molecule is CCOC(=O)C1=C(O)CC(C2O[C@@H]3OC(C)(C)O[C@@H]3[C@H]2OC)N=C1C. The molecule has 8 nitrogen and oxygen atoms in total. The van der Waals surface area contributed by atoms with E-state index in [1.165, 1.54) is 0 Å². The van der Waals surface area contributed by atoms with E-state index in [9.17, 15) is 9.90 Å². The van der Waals surface area contributed by atoms with Crippen LogP contribution in [0.25, 0.3) is 0 Å². The van der Waals surface area contributed by atoms with Gasteiger partial charge in [-0.3, -0.25) is 4.99 Å². The smallest absolute Gasteiger partial charge is 0.343 e. The first-order valence-electron chi connectivity index (χ1n) is 8.45. The molecule has 1 N–H and O–H groups in total. The normalized spacial score (nSPS) is 37.0. The summed E-state index contributed by atoms with van der Waals surface area (Å²) in [5.41, 5.74) is 0.545. The summed E-state index contributed by atoms with van der Waals surface area (Å²) in [4.78, 5) is 16.5. The molecule has 0 aromatic carbocycles. The van der Waals surface area contributed by atoms with Gasteiger partial charge in [-0.1, -0.05) is 0 Å². The van der Waals surface area contributed by atoms with Gasteiger partial charge in [0.05, 0.1) is 18.4 Å². The molecule has 0 amide bonds. The molecule has 3 aliphatic heterocycles. The number of hydrogen-bond acceptors (Lipinski definition) is 8. The summed E-state index contributed by atoms with van der Waals surface area (Å²) in [5, 5.41) is 10.4. The number of dihydropyridines is 1. The molecule has 0 saturated carbocycles. The minimum atomic E-state index is -0.734. The van der Waals surface area contributed by atoms with Gasteiger partial charge in [0.15, 0.2) is 12.1 Å². The minimum absolute atomic E-state index is 0.0476. The van der Waals surface area contributed by atoms with Gasteiger partial charge < -0.3 is 28.8 Å². The lowest BCUT2D eigenvalue weighted by Crippen LogP contribution is -2.43. The molecule has 140 valence electrons. The third kappa shape index (κ3) is 3.31. The molecule has 5 atom stereocenters. The van der Waals surface area contributed by atoms with Gasteiger partial charge >= 0.3 is 5.97 Å². The van der Waals surface area contributed by atoms with E-state index in [-0.39, 0.29) is 36.6 Å². The fourth-order valence-electron chi connectivity index (χ4n) is 3.61. The Morgan fingerprint density at radius 2 is 2.08 bits per heavy atom. The number of nitrogens with zero attached hydrogens (tertiary/aromatic N) is 1. The van der Waals surface area contributed by atoms with E-state index >= 15 is 0 Å². The maximum absolute atomic E-state index is 12.0. The summed E-state index contributed by atoms with van der Waals surface area (Å²) in [6.45, 7) is 7.25. The standard InChI is InChI=1S/C17H25NO7/c1-6-22-15(20)11-8(2)18-9(7-10(11)19)12-13(21-5)14-16(23-12)25-17(3,4)24-14/h9,12-14,16,19H,6-7H2,1-5H3/t9?,12?,13-,14+,16+/m0/s1. The van der Waals surface area contributed by atoms with Crippen LogP contribution >= 0.6 is 0 Å². The Bertz CT molecular complexity index is 612. The van der Waals surface area contributed by atoms with E-state index in [2.05, 4.69) is 4.99 Å². The van der Waals surface area contributed by atoms with Crippen molar-refractivity contribution < 1.29 is 33.6 Å². The average molecular weight is 355 g/mol. The van der Waals surface area contributed by atoms with Gasteiger partial charge in [0.25, 0.3) is 0 Å². The van der Waals surface area contributed by atoms with Crippen LogP contribution in [0.5, 0.6) is 0 Å². The third-order valence-electron chi connectivity index (χ3n) is 4.57. The van der Waals surface area contributed by atoms with Crippen molar-refractivity contribution in [3.05, 3.63) is 11.3 Å². The Morgan fingerprint density at radius 1 is 1.36 bits per heavy atom. The maximum atomic E-state index is 12.0. The van der Waals surface area contributed by atoms with Crippen LogP contribution in [0.15, 0.2) is 16.3 Å². The van der Waals surface area contributed by atoms with Crippen molar-refractivity contribution in [2.24, 2.45) is 4.99 Å². The molecule has 0 aromatic rings. The predicted octanol–water partition coefficient (Wildman–Crippen LogP) is 1.49. The third-order valence-corrected chi connectivity index (χ3v) is 4.57. The first-order chi connectivity index (χ1) is 11.8. The number of rotatable bonds is 4. The van der Waals surface area contributed by atoms with Crippen molar-refractivity contribution in [3.63, 3.8) is 0 Å². The molecule has 0 spiro atoms. The Labute approximate surface area is 146 Å². The summed E-state index contributed by atoms with van der Waals surface area (Å²) in [7, 11) is 1.58. The van der Waals surface area contributed by atoms with Crippen LogP contribution in [0.3, 0.4) is 0 Å². The molecular formula is C17H25NO7. The zero-order chi connectivity index (χ0) is 18.4. The van der Waals surface area contributed by atoms with Crippen LogP contribution < -0.4 is 0 Å². The van der Waals surface area contributed by atoms with E-state index in [1.54, 1.807) is 21.0 Å². The van der Waals surface area contributed by atoms with Crippen LogP contribution in [0, 0.1) is 0 Å². The van der Waals surface area contributed by atoms with Crippen LogP contribution in [-0.2, 0) is 28.5 Å². The minimum Gasteiger partial charge on any atom is -0.511 e. The predicted molar refractivity (Wildman–Crippen MR) is 87.3 cm³/mol. The number of carbonyl (C=O) groups excluding carboxylic acids is 1. The summed E-state index contributed by atoms with van der Waals surface area (Å²) in [6, 6.07) is -0.399. The highest BCUT2D eigenvalue weighted by atomic mass is 16.8. The molecule has 3 heterocycles. The van der Waals surface area contributed by atoms with Crippen LogP contribution in [0.1, 0.15) is 34.1 Å². The quantitative estimate of drug-likeness (QED) is 0.763. The fourth-order valence-corrected chi connectivity index (χ4v) is 3.61. The second-order valence-corrected chi connectivity index (χ2v) is 6.80. The number of ether oxygens (including phenoxy) is 5. The van der Waals surface area contributed by atoms with Crippen molar-refractivity contribution in [1.29, 1.82) is 0 Å². The van der Waals surface area contributed by atoms with E-state index in [4.69, 9.17) is 23.7 Å². The second-order valence-electron chi connectivity index (χ2n) is 6.80. The van der Waals surface area contributed by atoms with Gasteiger partial charge in [-0.25, -0.2) is 4.79 Å². The molecule has 0 bridgehead atoms. The van der Waals surface area contributed by atoms with Crippen molar-refractivity contribution in [3.8, 4) is 0 Å². The van der Waals surface area contributed by atoms with Crippen LogP contribution in [-0.4, -0.2) is 66.9 Å². The monoisotopic (exact) mass is 355 g/mol. The summed E-state index contributed by atoms with van der Waals surface area (Å²) >= 11 is 0. The number of methoxy groups -OCH3 is 1. The number of esters is 1. The van der Waals surface area contributed by atoms with Crippen molar-refractivity contribution in [1.82, 2.24) is 0 Å². The summed E-state index contributed by atoms with van der Waals surface area (Å²) in [6.07, 6.45) is -1.57. The molecular weight excluding hydrogens is 330 g/mol. The number of hydrogen-bond donors (Lipinski definition) is 1. The van der Waals surface area contributed by atoms with Crippen molar-refractivity contribution in [2.75, 3.05) is 13.7 Å². The lowest BCUT2D eigenvalue weighted by atomic mass is 9.94. The Morgan fingerprint density at radius 3 is 2.68 bits per heavy atom. The maximum Gasteiger partial charge on any atom is 0.343 e. The summed E-state index contributed by atoms with van der Waals surface area (Å²) < 4.78 is 28.2. The highest BCUT2D eigenvalue weighted by Crippen LogP contribution is 2.41. The zero-order valence-electron chi connectivity index (χ0n) is 15.1. The Balaban J connectivity index is 1.77.